The quantitative estimate of drug-likeness (QED) is 0.465. The average molecular weight is 196 g/mol. The van der Waals surface area contributed by atoms with E-state index in [9.17, 15) is 10.1 Å². The Morgan fingerprint density at radius 1 is 1.64 bits per heavy atom. The lowest BCUT2D eigenvalue weighted by Crippen LogP contribution is -2.31. The van der Waals surface area contributed by atoms with E-state index in [2.05, 4.69) is 0 Å². The van der Waals surface area contributed by atoms with Crippen molar-refractivity contribution >= 4 is 0 Å². The second kappa shape index (κ2) is 3.51. The molecule has 2 rings (SSSR count). The molecule has 0 radical (unpaired) electrons. The monoisotopic (exact) mass is 196 g/mol. The van der Waals surface area contributed by atoms with E-state index in [1.165, 1.54) is 0 Å². The van der Waals surface area contributed by atoms with Gasteiger partial charge in [-0.3, -0.25) is 15.0 Å². The molecule has 0 saturated heterocycles. The molecule has 1 aliphatic heterocycles. The van der Waals surface area contributed by atoms with Crippen molar-refractivity contribution < 1.29 is 9.76 Å². The lowest BCUT2D eigenvalue weighted by molar-refractivity contribution is -0.422. The third-order valence-corrected chi connectivity index (χ3v) is 2.56. The minimum atomic E-state index is -0.316. The van der Waals surface area contributed by atoms with Crippen LogP contribution in [-0.4, -0.2) is 30.2 Å². The Morgan fingerprint density at radius 3 is 3.14 bits per heavy atom. The zero-order valence-electron chi connectivity index (χ0n) is 8.02. The van der Waals surface area contributed by atoms with Gasteiger partial charge in [-0.15, -0.1) is 0 Å². The molecule has 14 heavy (non-hydrogen) atoms. The van der Waals surface area contributed by atoms with Crippen LogP contribution in [0.3, 0.4) is 0 Å². The summed E-state index contributed by atoms with van der Waals surface area (Å²) in [7, 11) is 1.84. The molecule has 0 spiro atoms. The minimum Gasteiger partial charge on any atom is -0.294 e. The van der Waals surface area contributed by atoms with Crippen molar-refractivity contribution in [1.82, 2.24) is 5.06 Å². The standard InChI is InChI=1S/C9H12N2O3/c1-10-5-7-3-2-4-9(11(12)13)8(7)6-14-10/h4H,2-3,5-6H2,1H3. The Morgan fingerprint density at radius 2 is 2.43 bits per heavy atom. The summed E-state index contributed by atoms with van der Waals surface area (Å²) < 4.78 is 0. The first-order valence-electron chi connectivity index (χ1n) is 4.58. The molecule has 0 unspecified atom stereocenters. The fourth-order valence-corrected chi connectivity index (χ4v) is 1.86. The van der Waals surface area contributed by atoms with Crippen LogP contribution >= 0.6 is 0 Å². The molecule has 5 heteroatoms. The van der Waals surface area contributed by atoms with E-state index >= 15 is 0 Å². The van der Waals surface area contributed by atoms with Crippen molar-refractivity contribution in [2.75, 3.05) is 20.2 Å². The van der Waals surface area contributed by atoms with E-state index in [1.54, 1.807) is 11.1 Å². The van der Waals surface area contributed by atoms with E-state index < -0.39 is 0 Å². The van der Waals surface area contributed by atoms with Gasteiger partial charge in [-0.25, -0.2) is 0 Å². The van der Waals surface area contributed by atoms with Gasteiger partial charge in [-0.2, -0.15) is 5.06 Å². The molecular weight excluding hydrogens is 184 g/mol. The summed E-state index contributed by atoms with van der Waals surface area (Å²) in [6, 6.07) is 0. The normalized spacial score (nSPS) is 23.1. The van der Waals surface area contributed by atoms with Gasteiger partial charge in [0, 0.05) is 13.6 Å². The molecule has 0 N–H and O–H groups in total. The third kappa shape index (κ3) is 1.56. The van der Waals surface area contributed by atoms with E-state index in [0.29, 0.717) is 13.2 Å². The summed E-state index contributed by atoms with van der Waals surface area (Å²) in [6.07, 6.45) is 3.37. The summed E-state index contributed by atoms with van der Waals surface area (Å²) in [5.74, 6) is 0. The molecule has 2 aliphatic rings. The smallest absolute Gasteiger partial charge is 0.271 e. The molecule has 0 bridgehead atoms. The number of hydrogen-bond acceptors (Lipinski definition) is 4. The van der Waals surface area contributed by atoms with E-state index in [1.807, 2.05) is 7.05 Å². The summed E-state index contributed by atoms with van der Waals surface area (Å²) in [4.78, 5) is 15.7. The fourth-order valence-electron chi connectivity index (χ4n) is 1.86. The number of nitrogens with zero attached hydrogens (tertiary/aromatic N) is 2. The minimum absolute atomic E-state index is 0.236. The Kier molecular flexibility index (Phi) is 2.35. The highest BCUT2D eigenvalue weighted by Crippen LogP contribution is 2.29. The van der Waals surface area contributed by atoms with E-state index in [-0.39, 0.29) is 10.6 Å². The molecule has 0 saturated carbocycles. The van der Waals surface area contributed by atoms with E-state index in [0.717, 1.165) is 24.0 Å². The lowest BCUT2D eigenvalue weighted by Gasteiger charge is -2.27. The van der Waals surface area contributed by atoms with Gasteiger partial charge in [0.2, 0.25) is 0 Å². The third-order valence-electron chi connectivity index (χ3n) is 2.56. The Hall–Kier alpha value is -1.20. The van der Waals surface area contributed by atoms with Crippen molar-refractivity contribution in [2.24, 2.45) is 0 Å². The van der Waals surface area contributed by atoms with Crippen LogP contribution in [0.4, 0.5) is 0 Å². The average Bonchev–Trinajstić information content (AvgIpc) is 2.16. The first-order chi connectivity index (χ1) is 6.68. The molecule has 1 aliphatic carbocycles. The van der Waals surface area contributed by atoms with Gasteiger partial charge in [0.05, 0.1) is 10.5 Å². The second-order valence-electron chi connectivity index (χ2n) is 3.53. The van der Waals surface area contributed by atoms with Crippen LogP contribution in [0.5, 0.6) is 0 Å². The van der Waals surface area contributed by atoms with Crippen LogP contribution in [0.25, 0.3) is 0 Å². The number of hydrogen-bond donors (Lipinski definition) is 0. The predicted molar refractivity (Wildman–Crippen MR) is 49.9 cm³/mol. The molecule has 0 aromatic rings. The molecule has 0 fully saturated rings. The highest BCUT2D eigenvalue weighted by atomic mass is 16.7. The van der Waals surface area contributed by atoms with Crippen molar-refractivity contribution in [1.29, 1.82) is 0 Å². The molecule has 0 aromatic carbocycles. The zero-order valence-corrected chi connectivity index (χ0v) is 8.02. The van der Waals surface area contributed by atoms with Gasteiger partial charge in [0.25, 0.3) is 5.70 Å². The van der Waals surface area contributed by atoms with Crippen LogP contribution < -0.4 is 0 Å². The number of rotatable bonds is 1. The Labute approximate surface area is 81.7 Å². The number of likely N-dealkylation sites (N-methyl/N-ethyl adjacent to an activating group) is 1. The number of nitro groups is 1. The SMILES string of the molecule is CN1CC2=C(CO1)C([N+](=O)[O-])=CCC2. The molecule has 5 nitrogen and oxygen atoms in total. The van der Waals surface area contributed by atoms with Crippen molar-refractivity contribution in [2.45, 2.75) is 12.8 Å². The van der Waals surface area contributed by atoms with Gasteiger partial charge in [0.15, 0.2) is 0 Å². The maximum absolute atomic E-state index is 10.7. The van der Waals surface area contributed by atoms with Crippen LogP contribution in [0.2, 0.25) is 0 Å². The summed E-state index contributed by atoms with van der Waals surface area (Å²) in [6.45, 7) is 1.01. The van der Waals surface area contributed by atoms with Crippen molar-refractivity contribution in [3.05, 3.63) is 33.0 Å². The highest BCUT2D eigenvalue weighted by molar-refractivity contribution is 5.36. The summed E-state index contributed by atoms with van der Waals surface area (Å²) >= 11 is 0. The van der Waals surface area contributed by atoms with Gasteiger partial charge >= 0.3 is 0 Å². The molecule has 76 valence electrons. The van der Waals surface area contributed by atoms with Gasteiger partial charge in [-0.05, 0) is 24.5 Å². The fraction of sp³-hybridized carbons (Fsp3) is 0.556. The molecule has 0 aromatic heterocycles. The summed E-state index contributed by atoms with van der Waals surface area (Å²) in [5, 5.41) is 12.4. The topological polar surface area (TPSA) is 55.6 Å². The van der Waals surface area contributed by atoms with E-state index in [4.69, 9.17) is 4.84 Å². The van der Waals surface area contributed by atoms with Crippen LogP contribution in [0, 0.1) is 10.1 Å². The van der Waals surface area contributed by atoms with Gasteiger partial charge in [0.1, 0.15) is 6.61 Å². The Balaban J connectivity index is 2.30. The van der Waals surface area contributed by atoms with Crippen LogP contribution in [0.15, 0.2) is 22.9 Å². The van der Waals surface area contributed by atoms with Crippen LogP contribution in [0.1, 0.15) is 12.8 Å². The first-order valence-corrected chi connectivity index (χ1v) is 4.58. The zero-order chi connectivity index (χ0) is 10.1. The Bertz CT molecular complexity index is 333. The number of hydroxylamine groups is 2. The predicted octanol–water partition coefficient (Wildman–Crippen LogP) is 1.11. The number of allylic oxidation sites excluding steroid dienone is 1. The van der Waals surface area contributed by atoms with Crippen molar-refractivity contribution in [3.63, 3.8) is 0 Å². The van der Waals surface area contributed by atoms with Crippen LogP contribution in [-0.2, 0) is 4.84 Å². The molecular formula is C9H12N2O3. The lowest BCUT2D eigenvalue weighted by atomic mass is 9.94. The summed E-state index contributed by atoms with van der Waals surface area (Å²) in [5.41, 5.74) is 2.16. The second-order valence-corrected chi connectivity index (χ2v) is 3.53. The molecule has 0 amide bonds. The van der Waals surface area contributed by atoms with Crippen molar-refractivity contribution in [3.8, 4) is 0 Å². The maximum atomic E-state index is 10.7. The van der Waals surface area contributed by atoms with Gasteiger partial charge < -0.3 is 0 Å². The van der Waals surface area contributed by atoms with Gasteiger partial charge in [-0.1, -0.05) is 0 Å². The largest absolute Gasteiger partial charge is 0.294 e. The molecule has 1 heterocycles. The first kappa shape index (κ1) is 9.36. The highest BCUT2D eigenvalue weighted by Gasteiger charge is 2.28. The molecule has 0 atom stereocenters. The maximum Gasteiger partial charge on any atom is 0.271 e.